The summed E-state index contributed by atoms with van der Waals surface area (Å²) in [5, 5.41) is 0. The Balaban J connectivity index is 0. The molecule has 0 spiro atoms. The van der Waals surface area contributed by atoms with E-state index in [0.29, 0.717) is 22.8 Å². The molecule has 2 N–H and O–H groups in total. The van der Waals surface area contributed by atoms with Gasteiger partial charge >= 0.3 is 0 Å². The second-order valence-corrected chi connectivity index (χ2v) is 6.84. The molecular weight excluding hydrogens is 194 g/mol. The number of hydrogen-bond acceptors (Lipinski definition) is 1. The van der Waals surface area contributed by atoms with Crippen LogP contribution in [0.3, 0.4) is 0 Å². The van der Waals surface area contributed by atoms with Crippen molar-refractivity contribution in [2.75, 3.05) is 0 Å². The molecule has 2 unspecified atom stereocenters. The van der Waals surface area contributed by atoms with Gasteiger partial charge in [-0.25, -0.2) is 0 Å². The number of nitrogens with two attached hydrogens (primary N) is 1. The molecule has 0 aromatic carbocycles. The van der Waals surface area contributed by atoms with Crippen LogP contribution in [0.15, 0.2) is 0 Å². The second-order valence-electron chi connectivity index (χ2n) is 6.84. The summed E-state index contributed by atoms with van der Waals surface area (Å²) in [6.07, 6.45) is 2.39. The van der Waals surface area contributed by atoms with Crippen LogP contribution in [0.5, 0.6) is 0 Å². The molecule has 16 heavy (non-hydrogen) atoms. The Hall–Kier alpha value is -0.0400. The summed E-state index contributed by atoms with van der Waals surface area (Å²) in [6.45, 7) is 20.1. The predicted octanol–water partition coefficient (Wildman–Crippen LogP) is 4.85. The highest BCUT2D eigenvalue weighted by Crippen LogP contribution is 2.40. The minimum Gasteiger partial charge on any atom is -0.328 e. The molecule has 100 valence electrons. The van der Waals surface area contributed by atoms with Crippen LogP contribution in [0.25, 0.3) is 0 Å². The summed E-state index contributed by atoms with van der Waals surface area (Å²) in [5.41, 5.74) is 6.66. The topological polar surface area (TPSA) is 26.0 Å². The van der Waals surface area contributed by atoms with Gasteiger partial charge in [-0.3, -0.25) is 0 Å². The van der Waals surface area contributed by atoms with E-state index in [1.807, 2.05) is 13.8 Å². The molecule has 0 bridgehead atoms. The van der Waals surface area contributed by atoms with Gasteiger partial charge in [0.05, 0.1) is 0 Å². The van der Waals surface area contributed by atoms with Crippen LogP contribution in [-0.2, 0) is 0 Å². The first-order valence-corrected chi connectivity index (χ1v) is 6.80. The minimum absolute atomic E-state index is 0.323. The van der Waals surface area contributed by atoms with E-state index in [-0.39, 0.29) is 0 Å². The van der Waals surface area contributed by atoms with Crippen LogP contribution >= 0.6 is 0 Å². The number of rotatable bonds is 4. The summed E-state index contributed by atoms with van der Waals surface area (Å²) < 4.78 is 0. The maximum absolute atomic E-state index is 5.85. The summed E-state index contributed by atoms with van der Waals surface area (Å²) >= 11 is 0. The van der Waals surface area contributed by atoms with E-state index in [9.17, 15) is 0 Å². The summed E-state index contributed by atoms with van der Waals surface area (Å²) in [7, 11) is 0. The Labute approximate surface area is 104 Å². The fraction of sp³-hybridized carbons (Fsp3) is 1.00. The molecule has 0 aromatic heterocycles. The zero-order chi connectivity index (χ0) is 13.6. The van der Waals surface area contributed by atoms with Gasteiger partial charge in [-0.1, -0.05) is 55.4 Å². The lowest BCUT2D eigenvalue weighted by molar-refractivity contribution is 0.130. The third kappa shape index (κ3) is 9.21. The van der Waals surface area contributed by atoms with Crippen molar-refractivity contribution in [1.29, 1.82) is 0 Å². The summed E-state index contributed by atoms with van der Waals surface area (Å²) in [5.74, 6) is 0.696. The Morgan fingerprint density at radius 3 is 1.56 bits per heavy atom. The number of hydrogen-bond donors (Lipinski definition) is 1. The van der Waals surface area contributed by atoms with E-state index in [1.54, 1.807) is 0 Å². The van der Waals surface area contributed by atoms with Gasteiger partial charge in [0.1, 0.15) is 0 Å². The smallest absolute Gasteiger partial charge is 0.00132 e. The summed E-state index contributed by atoms with van der Waals surface area (Å²) in [6, 6.07) is 0.323. The Morgan fingerprint density at radius 2 is 1.31 bits per heavy atom. The monoisotopic (exact) mass is 229 g/mol. The highest BCUT2D eigenvalue weighted by atomic mass is 14.6. The second kappa shape index (κ2) is 7.32. The predicted molar refractivity (Wildman–Crippen MR) is 76.6 cm³/mol. The Kier molecular flexibility index (Phi) is 8.38. The molecule has 0 aromatic rings. The first kappa shape index (κ1) is 18.3. The van der Waals surface area contributed by atoms with Gasteiger partial charge in [-0.15, -0.1) is 0 Å². The molecule has 1 nitrogen and oxygen atoms in total. The molecule has 0 radical (unpaired) electrons. The van der Waals surface area contributed by atoms with Crippen LogP contribution in [0.4, 0.5) is 0 Å². The van der Waals surface area contributed by atoms with E-state index in [4.69, 9.17) is 5.73 Å². The average molecular weight is 229 g/mol. The third-order valence-electron chi connectivity index (χ3n) is 3.05. The fourth-order valence-corrected chi connectivity index (χ4v) is 2.42. The highest BCUT2D eigenvalue weighted by Gasteiger charge is 2.30. The van der Waals surface area contributed by atoms with Crippen molar-refractivity contribution in [2.24, 2.45) is 22.5 Å². The van der Waals surface area contributed by atoms with Crippen molar-refractivity contribution in [3.63, 3.8) is 0 Å². The zero-order valence-electron chi connectivity index (χ0n) is 13.1. The van der Waals surface area contributed by atoms with Crippen LogP contribution in [0.1, 0.15) is 75.2 Å². The first-order valence-electron chi connectivity index (χ1n) is 6.80. The van der Waals surface area contributed by atoms with E-state index < -0.39 is 0 Å². The van der Waals surface area contributed by atoms with Crippen molar-refractivity contribution in [2.45, 2.75) is 81.2 Å². The van der Waals surface area contributed by atoms with Gasteiger partial charge in [0.25, 0.3) is 0 Å². The highest BCUT2D eigenvalue weighted by molar-refractivity contribution is 4.82. The lowest BCUT2D eigenvalue weighted by Crippen LogP contribution is -2.31. The Bertz CT molecular complexity index is 163. The molecule has 0 rings (SSSR count). The van der Waals surface area contributed by atoms with Gasteiger partial charge < -0.3 is 5.73 Å². The van der Waals surface area contributed by atoms with Gasteiger partial charge in [-0.05, 0) is 36.5 Å². The average Bonchev–Trinajstić information content (AvgIpc) is 2.02. The molecule has 0 heterocycles. The van der Waals surface area contributed by atoms with E-state index in [0.717, 1.165) is 6.42 Å². The maximum Gasteiger partial charge on any atom is 0.00132 e. The van der Waals surface area contributed by atoms with Crippen molar-refractivity contribution in [3.8, 4) is 0 Å². The molecule has 0 amide bonds. The molecule has 0 aliphatic carbocycles. The van der Waals surface area contributed by atoms with Crippen LogP contribution in [0.2, 0.25) is 0 Å². The van der Waals surface area contributed by atoms with Crippen LogP contribution in [0, 0.1) is 16.7 Å². The van der Waals surface area contributed by atoms with Gasteiger partial charge in [0.15, 0.2) is 0 Å². The quantitative estimate of drug-likeness (QED) is 0.733. The lowest BCUT2D eigenvalue weighted by Gasteiger charge is -2.38. The van der Waals surface area contributed by atoms with E-state index in [2.05, 4.69) is 48.5 Å². The summed E-state index contributed by atoms with van der Waals surface area (Å²) in [4.78, 5) is 0. The SMILES string of the molecule is CC.CC(N)CC(C)C(C)(C)CC(C)(C)C. The molecule has 2 atom stereocenters. The fourth-order valence-electron chi connectivity index (χ4n) is 2.42. The van der Waals surface area contributed by atoms with Gasteiger partial charge in [-0.2, -0.15) is 0 Å². The van der Waals surface area contributed by atoms with Crippen molar-refractivity contribution in [3.05, 3.63) is 0 Å². The van der Waals surface area contributed by atoms with Crippen molar-refractivity contribution < 1.29 is 0 Å². The molecule has 0 saturated carbocycles. The first-order chi connectivity index (χ1) is 7.04. The van der Waals surface area contributed by atoms with Crippen LogP contribution < -0.4 is 5.73 Å². The molecule has 0 fully saturated rings. The van der Waals surface area contributed by atoms with Gasteiger partial charge in [0.2, 0.25) is 0 Å². The standard InChI is InChI=1S/C13H29N.C2H6/c1-10(8-11(2)14)13(6,7)9-12(3,4)5;1-2/h10-11H,8-9,14H2,1-7H3;1-2H3. The largest absolute Gasteiger partial charge is 0.328 e. The van der Waals surface area contributed by atoms with Crippen LogP contribution in [-0.4, -0.2) is 6.04 Å². The normalized spacial score (nSPS) is 16.1. The lowest BCUT2D eigenvalue weighted by atomic mass is 9.68. The molecule has 0 aliphatic heterocycles. The molecule has 1 heteroatoms. The maximum atomic E-state index is 5.85. The van der Waals surface area contributed by atoms with Crippen molar-refractivity contribution in [1.82, 2.24) is 0 Å². The zero-order valence-corrected chi connectivity index (χ0v) is 13.1. The van der Waals surface area contributed by atoms with E-state index >= 15 is 0 Å². The molecule has 0 saturated heterocycles. The van der Waals surface area contributed by atoms with E-state index in [1.165, 1.54) is 6.42 Å². The van der Waals surface area contributed by atoms with Gasteiger partial charge in [0, 0.05) is 6.04 Å². The Morgan fingerprint density at radius 1 is 0.938 bits per heavy atom. The van der Waals surface area contributed by atoms with Crippen molar-refractivity contribution >= 4 is 0 Å². The molecular formula is C15H35N. The molecule has 0 aliphatic rings. The third-order valence-corrected chi connectivity index (χ3v) is 3.05. The minimum atomic E-state index is 0.323.